The van der Waals surface area contributed by atoms with Crippen LogP contribution in [-0.2, 0) is 25.9 Å². The van der Waals surface area contributed by atoms with Gasteiger partial charge in [-0.25, -0.2) is 9.67 Å². The van der Waals surface area contributed by atoms with Crippen LogP contribution in [0.3, 0.4) is 0 Å². The van der Waals surface area contributed by atoms with Crippen LogP contribution < -0.4 is 10.6 Å². The van der Waals surface area contributed by atoms with E-state index in [0.29, 0.717) is 13.1 Å². The lowest BCUT2D eigenvalue weighted by atomic mass is 10.1. The number of rotatable bonds is 7. The van der Waals surface area contributed by atoms with Crippen LogP contribution in [0.5, 0.6) is 0 Å². The number of nitrogens with zero attached hydrogens (tertiary/aromatic N) is 5. The van der Waals surface area contributed by atoms with Crippen LogP contribution in [0.15, 0.2) is 46.4 Å². The third kappa shape index (κ3) is 4.52. The molecule has 0 radical (unpaired) electrons. The van der Waals surface area contributed by atoms with Crippen LogP contribution in [0.1, 0.15) is 36.4 Å². The molecule has 0 amide bonds. The second kappa shape index (κ2) is 8.98. The van der Waals surface area contributed by atoms with Crippen molar-refractivity contribution in [1.29, 1.82) is 0 Å². The second-order valence-corrected chi connectivity index (χ2v) is 6.02. The van der Waals surface area contributed by atoms with Crippen LogP contribution in [0, 0.1) is 0 Å². The van der Waals surface area contributed by atoms with Gasteiger partial charge in [0.05, 0.1) is 11.4 Å². The van der Waals surface area contributed by atoms with Crippen molar-refractivity contribution in [2.24, 2.45) is 4.99 Å². The molecule has 3 rings (SSSR count). The average Bonchev–Trinajstić information content (AvgIpc) is 3.38. The molecule has 0 aliphatic carbocycles. The number of aliphatic imine (C=N–C) groups is 1. The Balaban J connectivity index is 1.56. The van der Waals surface area contributed by atoms with E-state index in [1.165, 1.54) is 6.33 Å². The average molecular weight is 367 g/mol. The highest BCUT2D eigenvalue weighted by atomic mass is 16.5. The van der Waals surface area contributed by atoms with Crippen LogP contribution in [-0.4, -0.2) is 32.9 Å². The van der Waals surface area contributed by atoms with Gasteiger partial charge in [0.1, 0.15) is 18.4 Å². The summed E-state index contributed by atoms with van der Waals surface area (Å²) in [7, 11) is 1.76. The van der Waals surface area contributed by atoms with Gasteiger partial charge in [0, 0.05) is 32.1 Å². The van der Waals surface area contributed by atoms with E-state index in [9.17, 15) is 0 Å². The monoisotopic (exact) mass is 367 g/mol. The zero-order chi connectivity index (χ0) is 19.1. The molecule has 3 aromatic rings. The number of benzene rings is 1. The van der Waals surface area contributed by atoms with Crippen LogP contribution in [0.25, 0.3) is 5.69 Å². The number of aromatic nitrogens is 4. The second-order valence-electron chi connectivity index (χ2n) is 6.02. The molecule has 0 spiro atoms. The van der Waals surface area contributed by atoms with Crippen molar-refractivity contribution in [3.8, 4) is 5.69 Å². The van der Waals surface area contributed by atoms with Gasteiger partial charge >= 0.3 is 0 Å². The van der Waals surface area contributed by atoms with E-state index < -0.39 is 0 Å². The Morgan fingerprint density at radius 1 is 1.11 bits per heavy atom. The molecule has 0 saturated carbocycles. The third-order valence-corrected chi connectivity index (χ3v) is 4.34. The normalized spacial score (nSPS) is 11.6. The van der Waals surface area contributed by atoms with Crippen LogP contribution in [0.4, 0.5) is 0 Å². The Morgan fingerprint density at radius 3 is 2.52 bits per heavy atom. The first-order valence-corrected chi connectivity index (χ1v) is 9.09. The fraction of sp³-hybridized carbons (Fsp3) is 0.368. The first-order valence-electron chi connectivity index (χ1n) is 9.09. The Kier molecular flexibility index (Phi) is 6.19. The first kappa shape index (κ1) is 18.6. The standard InChI is InChI=1S/C19H25N7O/c1-4-17-16(18(5-2)27-25-17)11-23-19(20-3)22-10-14-6-8-15(9-7-14)26-13-21-12-24-26/h6-9,12-13H,4-5,10-11H2,1-3H3,(H2,20,22,23). The van der Waals surface area contributed by atoms with Gasteiger partial charge < -0.3 is 15.2 Å². The highest BCUT2D eigenvalue weighted by molar-refractivity contribution is 5.79. The van der Waals surface area contributed by atoms with E-state index in [4.69, 9.17) is 4.52 Å². The largest absolute Gasteiger partial charge is 0.361 e. The quantitative estimate of drug-likeness (QED) is 0.491. The van der Waals surface area contributed by atoms with E-state index in [1.807, 2.05) is 12.1 Å². The number of hydrogen-bond acceptors (Lipinski definition) is 5. The maximum absolute atomic E-state index is 5.41. The minimum Gasteiger partial charge on any atom is -0.361 e. The summed E-state index contributed by atoms with van der Waals surface area (Å²) in [4.78, 5) is 8.25. The summed E-state index contributed by atoms with van der Waals surface area (Å²) in [6, 6.07) is 8.14. The van der Waals surface area contributed by atoms with E-state index in [1.54, 1.807) is 18.1 Å². The molecule has 0 unspecified atom stereocenters. The molecule has 2 heterocycles. The van der Waals surface area contributed by atoms with Gasteiger partial charge in [-0.2, -0.15) is 5.10 Å². The summed E-state index contributed by atoms with van der Waals surface area (Å²) in [6.07, 6.45) is 4.88. The molecule has 1 aromatic carbocycles. The fourth-order valence-corrected chi connectivity index (χ4v) is 2.82. The van der Waals surface area contributed by atoms with Crippen molar-refractivity contribution in [1.82, 2.24) is 30.6 Å². The Bertz CT molecular complexity index is 845. The van der Waals surface area contributed by atoms with Gasteiger partial charge in [-0.3, -0.25) is 4.99 Å². The Hall–Kier alpha value is -3.16. The van der Waals surface area contributed by atoms with Crippen molar-refractivity contribution in [3.05, 3.63) is 59.5 Å². The Labute approximate surface area is 158 Å². The summed E-state index contributed by atoms with van der Waals surface area (Å²) in [5.74, 6) is 1.67. The highest BCUT2D eigenvalue weighted by Gasteiger charge is 2.13. The van der Waals surface area contributed by atoms with E-state index >= 15 is 0 Å². The van der Waals surface area contributed by atoms with Crippen molar-refractivity contribution in [2.45, 2.75) is 39.8 Å². The minimum atomic E-state index is 0.640. The maximum atomic E-state index is 5.41. The van der Waals surface area contributed by atoms with Gasteiger partial charge in [0.15, 0.2) is 5.96 Å². The molecule has 0 saturated heterocycles. The zero-order valence-corrected chi connectivity index (χ0v) is 15.9. The number of guanidine groups is 1. The summed E-state index contributed by atoms with van der Waals surface area (Å²) >= 11 is 0. The number of hydrogen-bond donors (Lipinski definition) is 2. The summed E-state index contributed by atoms with van der Waals surface area (Å²) in [5.41, 5.74) is 4.25. The van der Waals surface area contributed by atoms with Gasteiger partial charge in [0.25, 0.3) is 0 Å². The summed E-state index contributed by atoms with van der Waals surface area (Å²) in [6.45, 7) is 5.46. The van der Waals surface area contributed by atoms with Crippen LogP contribution in [0.2, 0.25) is 0 Å². The van der Waals surface area contributed by atoms with Crippen molar-refractivity contribution < 1.29 is 4.52 Å². The number of aryl methyl sites for hydroxylation is 2. The van der Waals surface area contributed by atoms with Crippen molar-refractivity contribution >= 4 is 5.96 Å². The molecule has 2 N–H and O–H groups in total. The predicted molar refractivity (Wildman–Crippen MR) is 104 cm³/mol. The van der Waals surface area contributed by atoms with Crippen molar-refractivity contribution in [2.75, 3.05) is 7.05 Å². The topological polar surface area (TPSA) is 93.2 Å². The van der Waals surface area contributed by atoms with Crippen LogP contribution >= 0.6 is 0 Å². The molecule has 0 aliphatic heterocycles. The summed E-state index contributed by atoms with van der Waals surface area (Å²) < 4.78 is 7.14. The summed E-state index contributed by atoms with van der Waals surface area (Å²) in [5, 5.41) is 14.9. The molecule has 8 heteroatoms. The zero-order valence-electron chi connectivity index (χ0n) is 15.9. The lowest BCUT2D eigenvalue weighted by Crippen LogP contribution is -2.36. The highest BCUT2D eigenvalue weighted by Crippen LogP contribution is 2.15. The molecule has 8 nitrogen and oxygen atoms in total. The molecule has 142 valence electrons. The molecular weight excluding hydrogens is 342 g/mol. The van der Waals surface area contributed by atoms with Gasteiger partial charge in [-0.15, -0.1) is 0 Å². The van der Waals surface area contributed by atoms with E-state index in [2.05, 4.69) is 56.8 Å². The molecule has 0 fully saturated rings. The molecule has 27 heavy (non-hydrogen) atoms. The lowest BCUT2D eigenvalue weighted by molar-refractivity contribution is 0.380. The maximum Gasteiger partial charge on any atom is 0.191 e. The SMILES string of the molecule is CCc1noc(CC)c1CNC(=NC)NCc1ccc(-n2cncn2)cc1. The molecule has 0 atom stereocenters. The van der Waals surface area contributed by atoms with Gasteiger partial charge in [-0.05, 0) is 24.1 Å². The molecule has 0 aliphatic rings. The first-order chi connectivity index (χ1) is 13.2. The van der Waals surface area contributed by atoms with E-state index in [0.717, 1.165) is 47.1 Å². The molecular formula is C19H25N7O. The lowest BCUT2D eigenvalue weighted by Gasteiger charge is -2.12. The minimum absolute atomic E-state index is 0.640. The molecule has 2 aromatic heterocycles. The van der Waals surface area contributed by atoms with E-state index in [-0.39, 0.29) is 0 Å². The van der Waals surface area contributed by atoms with Gasteiger partial charge in [-0.1, -0.05) is 31.1 Å². The number of nitrogens with one attached hydrogen (secondary N) is 2. The smallest absolute Gasteiger partial charge is 0.191 e. The van der Waals surface area contributed by atoms with Gasteiger partial charge in [0.2, 0.25) is 0 Å². The Morgan fingerprint density at radius 2 is 1.89 bits per heavy atom. The van der Waals surface area contributed by atoms with Crippen molar-refractivity contribution in [3.63, 3.8) is 0 Å². The predicted octanol–water partition coefficient (Wildman–Crippen LogP) is 2.25. The molecule has 0 bridgehead atoms. The third-order valence-electron chi connectivity index (χ3n) is 4.34. The fourth-order valence-electron chi connectivity index (χ4n) is 2.82.